The van der Waals surface area contributed by atoms with Crippen molar-refractivity contribution in [3.63, 3.8) is 0 Å². The third-order valence-electron chi connectivity index (χ3n) is 2.17. The van der Waals surface area contributed by atoms with Crippen LogP contribution in [0.1, 0.15) is 13.3 Å². The first-order chi connectivity index (χ1) is 7.83. The maximum atomic E-state index is 6.00. The molecule has 84 valence electrons. The van der Waals surface area contributed by atoms with Gasteiger partial charge in [-0.15, -0.1) is 0 Å². The summed E-state index contributed by atoms with van der Waals surface area (Å²) in [7, 11) is 0. The molecule has 0 atom stereocenters. The highest BCUT2D eigenvalue weighted by molar-refractivity contribution is 5.66. The van der Waals surface area contributed by atoms with Crippen molar-refractivity contribution in [2.75, 3.05) is 12.3 Å². The summed E-state index contributed by atoms with van der Waals surface area (Å²) in [5, 5.41) is 4.04. The van der Waals surface area contributed by atoms with E-state index < -0.39 is 0 Å². The second-order valence-corrected chi connectivity index (χ2v) is 3.38. The molecule has 1 heterocycles. The summed E-state index contributed by atoms with van der Waals surface area (Å²) >= 11 is 0. The van der Waals surface area contributed by atoms with Crippen molar-refractivity contribution in [1.82, 2.24) is 14.8 Å². The molecule has 16 heavy (non-hydrogen) atoms. The quantitative estimate of drug-likeness (QED) is 0.792. The number of para-hydroxylation sites is 1. The van der Waals surface area contributed by atoms with E-state index in [1.165, 1.54) is 6.33 Å². The largest absolute Gasteiger partial charge is 0.491 e. The fraction of sp³-hybridized carbons (Fsp3) is 0.273. The van der Waals surface area contributed by atoms with Gasteiger partial charge in [0.2, 0.25) is 0 Å². The van der Waals surface area contributed by atoms with Crippen molar-refractivity contribution >= 4 is 5.69 Å². The molecule has 5 nitrogen and oxygen atoms in total. The van der Waals surface area contributed by atoms with Crippen LogP contribution in [0.25, 0.3) is 5.69 Å². The van der Waals surface area contributed by atoms with Gasteiger partial charge in [0.1, 0.15) is 24.1 Å². The predicted octanol–water partition coefficient (Wildman–Crippen LogP) is 1.64. The summed E-state index contributed by atoms with van der Waals surface area (Å²) in [6, 6.07) is 5.62. The second-order valence-electron chi connectivity index (χ2n) is 3.38. The molecule has 0 radical (unpaired) electrons. The Balaban J connectivity index is 2.33. The minimum atomic E-state index is 0.585. The van der Waals surface area contributed by atoms with E-state index in [1.54, 1.807) is 11.0 Å². The van der Waals surface area contributed by atoms with Crippen LogP contribution in [0.5, 0.6) is 5.75 Å². The van der Waals surface area contributed by atoms with E-state index in [9.17, 15) is 0 Å². The standard InChI is InChI=1S/C11H14N4O/c1-2-6-16-10-5-3-4-9(11(10)12)15-8-13-7-14-15/h3-5,7-8H,2,6,12H2,1H3. The van der Waals surface area contributed by atoms with Crippen LogP contribution in [-0.4, -0.2) is 21.4 Å². The van der Waals surface area contributed by atoms with Gasteiger partial charge in [0.05, 0.1) is 12.3 Å². The highest BCUT2D eigenvalue weighted by Gasteiger charge is 2.07. The van der Waals surface area contributed by atoms with Crippen LogP contribution in [0.3, 0.4) is 0 Å². The average Bonchev–Trinajstić information content (AvgIpc) is 2.81. The van der Waals surface area contributed by atoms with Crippen LogP contribution >= 0.6 is 0 Å². The SMILES string of the molecule is CCCOc1cccc(-n2cncn2)c1N. The van der Waals surface area contributed by atoms with Crippen LogP contribution in [-0.2, 0) is 0 Å². The first-order valence-electron chi connectivity index (χ1n) is 5.19. The molecule has 2 N–H and O–H groups in total. The maximum absolute atomic E-state index is 6.00. The van der Waals surface area contributed by atoms with Crippen LogP contribution < -0.4 is 10.5 Å². The van der Waals surface area contributed by atoms with Crippen LogP contribution in [0.2, 0.25) is 0 Å². The second kappa shape index (κ2) is 4.65. The van der Waals surface area contributed by atoms with Gasteiger partial charge in [-0.2, -0.15) is 5.10 Å². The number of rotatable bonds is 4. The van der Waals surface area contributed by atoms with E-state index in [-0.39, 0.29) is 0 Å². The molecule has 0 saturated heterocycles. The fourth-order valence-corrected chi connectivity index (χ4v) is 1.40. The van der Waals surface area contributed by atoms with Gasteiger partial charge in [0, 0.05) is 0 Å². The van der Waals surface area contributed by atoms with Gasteiger partial charge < -0.3 is 10.5 Å². The number of nitrogens with zero attached hydrogens (tertiary/aromatic N) is 3. The molecule has 0 aliphatic heterocycles. The minimum Gasteiger partial charge on any atom is -0.491 e. The Hall–Kier alpha value is -2.04. The predicted molar refractivity (Wildman–Crippen MR) is 61.6 cm³/mol. The van der Waals surface area contributed by atoms with Crippen LogP contribution in [0.15, 0.2) is 30.9 Å². The van der Waals surface area contributed by atoms with Crippen molar-refractivity contribution in [3.8, 4) is 11.4 Å². The minimum absolute atomic E-state index is 0.585. The van der Waals surface area contributed by atoms with Gasteiger partial charge in [-0.25, -0.2) is 9.67 Å². The zero-order valence-electron chi connectivity index (χ0n) is 9.13. The van der Waals surface area contributed by atoms with E-state index in [4.69, 9.17) is 10.5 Å². The lowest BCUT2D eigenvalue weighted by Crippen LogP contribution is -2.04. The Labute approximate surface area is 93.9 Å². The van der Waals surface area contributed by atoms with E-state index >= 15 is 0 Å². The third kappa shape index (κ3) is 1.98. The van der Waals surface area contributed by atoms with Gasteiger partial charge in [-0.1, -0.05) is 13.0 Å². The summed E-state index contributed by atoms with van der Waals surface area (Å²) in [6.07, 6.45) is 4.03. The van der Waals surface area contributed by atoms with E-state index in [0.29, 0.717) is 18.0 Å². The lowest BCUT2D eigenvalue weighted by molar-refractivity contribution is 0.319. The molecular weight excluding hydrogens is 204 g/mol. The van der Waals surface area contributed by atoms with E-state index in [2.05, 4.69) is 17.0 Å². The number of anilines is 1. The molecular formula is C11H14N4O. The first kappa shape index (κ1) is 10.5. The number of ether oxygens (including phenoxy) is 1. The molecule has 0 aliphatic rings. The molecule has 0 fully saturated rings. The monoisotopic (exact) mass is 218 g/mol. The third-order valence-corrected chi connectivity index (χ3v) is 2.17. The molecule has 0 bridgehead atoms. The van der Waals surface area contributed by atoms with Gasteiger partial charge in [0.25, 0.3) is 0 Å². The zero-order chi connectivity index (χ0) is 11.4. The summed E-state index contributed by atoms with van der Waals surface area (Å²) in [4.78, 5) is 3.89. The molecule has 1 aromatic carbocycles. The number of aromatic nitrogens is 3. The molecule has 2 aromatic rings. The molecule has 0 amide bonds. The molecule has 0 spiro atoms. The topological polar surface area (TPSA) is 66.0 Å². The van der Waals surface area contributed by atoms with Crippen LogP contribution in [0, 0.1) is 0 Å². The number of benzene rings is 1. The lowest BCUT2D eigenvalue weighted by Gasteiger charge is -2.11. The zero-order valence-corrected chi connectivity index (χ0v) is 9.13. The fourth-order valence-electron chi connectivity index (χ4n) is 1.40. The van der Waals surface area contributed by atoms with Crippen LogP contribution in [0.4, 0.5) is 5.69 Å². The Bertz CT molecular complexity index is 453. The van der Waals surface area contributed by atoms with Crippen molar-refractivity contribution in [1.29, 1.82) is 0 Å². The first-order valence-corrected chi connectivity index (χ1v) is 5.19. The van der Waals surface area contributed by atoms with Gasteiger partial charge in [-0.05, 0) is 18.6 Å². The molecule has 0 saturated carbocycles. The smallest absolute Gasteiger partial charge is 0.144 e. The normalized spacial score (nSPS) is 10.3. The van der Waals surface area contributed by atoms with Crippen molar-refractivity contribution in [2.45, 2.75) is 13.3 Å². The Morgan fingerprint density at radius 1 is 1.44 bits per heavy atom. The molecule has 0 aliphatic carbocycles. The Morgan fingerprint density at radius 3 is 3.00 bits per heavy atom. The number of hydrogen-bond acceptors (Lipinski definition) is 4. The van der Waals surface area contributed by atoms with E-state index in [1.807, 2.05) is 18.2 Å². The summed E-state index contributed by atoms with van der Waals surface area (Å²) in [6.45, 7) is 2.71. The Morgan fingerprint density at radius 2 is 2.31 bits per heavy atom. The van der Waals surface area contributed by atoms with Crippen molar-refractivity contribution in [2.24, 2.45) is 0 Å². The van der Waals surface area contributed by atoms with E-state index in [0.717, 1.165) is 12.1 Å². The average molecular weight is 218 g/mol. The van der Waals surface area contributed by atoms with Gasteiger partial charge in [0.15, 0.2) is 0 Å². The number of nitrogens with two attached hydrogens (primary N) is 1. The molecule has 0 unspecified atom stereocenters. The van der Waals surface area contributed by atoms with Crippen molar-refractivity contribution < 1.29 is 4.74 Å². The maximum Gasteiger partial charge on any atom is 0.144 e. The number of nitrogen functional groups attached to an aromatic ring is 1. The van der Waals surface area contributed by atoms with Crippen molar-refractivity contribution in [3.05, 3.63) is 30.9 Å². The molecule has 2 rings (SSSR count). The molecule has 1 aromatic heterocycles. The highest BCUT2D eigenvalue weighted by atomic mass is 16.5. The Kier molecular flexibility index (Phi) is 3.05. The lowest BCUT2D eigenvalue weighted by atomic mass is 10.2. The summed E-state index contributed by atoms with van der Waals surface area (Å²) in [5.41, 5.74) is 7.37. The summed E-state index contributed by atoms with van der Waals surface area (Å²) in [5.74, 6) is 0.690. The van der Waals surface area contributed by atoms with Gasteiger partial charge >= 0.3 is 0 Å². The summed E-state index contributed by atoms with van der Waals surface area (Å²) < 4.78 is 7.16. The molecule has 5 heteroatoms. The number of hydrogen-bond donors (Lipinski definition) is 1. The highest BCUT2D eigenvalue weighted by Crippen LogP contribution is 2.27. The van der Waals surface area contributed by atoms with Gasteiger partial charge in [-0.3, -0.25) is 0 Å².